The van der Waals surface area contributed by atoms with Crippen LogP contribution in [0.3, 0.4) is 0 Å². The number of anilines is 2. The van der Waals surface area contributed by atoms with Gasteiger partial charge >= 0.3 is 0 Å². The van der Waals surface area contributed by atoms with E-state index in [1.807, 2.05) is 26.0 Å². The van der Waals surface area contributed by atoms with E-state index in [1.165, 1.54) is 12.8 Å². The van der Waals surface area contributed by atoms with Gasteiger partial charge in [0.2, 0.25) is 0 Å². The third kappa shape index (κ3) is 2.89. The van der Waals surface area contributed by atoms with Gasteiger partial charge in [0.25, 0.3) is 0 Å². The predicted octanol–water partition coefficient (Wildman–Crippen LogP) is 3.29. The van der Waals surface area contributed by atoms with Crippen LogP contribution >= 0.6 is 0 Å². The summed E-state index contributed by atoms with van der Waals surface area (Å²) < 4.78 is 5.75. The average molecular weight is 248 g/mol. The molecular weight excluding hydrogens is 224 g/mol. The molecule has 1 aromatic carbocycles. The Bertz CT molecular complexity index is 395. The van der Waals surface area contributed by atoms with Crippen molar-refractivity contribution in [1.82, 2.24) is 0 Å². The fourth-order valence-electron chi connectivity index (χ4n) is 2.41. The molecule has 1 saturated heterocycles. The second-order valence-corrected chi connectivity index (χ2v) is 5.53. The van der Waals surface area contributed by atoms with Gasteiger partial charge in [-0.05, 0) is 44.7 Å². The van der Waals surface area contributed by atoms with Crippen LogP contribution in [0.1, 0.15) is 33.6 Å². The maximum absolute atomic E-state index is 6.23. The van der Waals surface area contributed by atoms with Crippen LogP contribution in [0.15, 0.2) is 18.2 Å². The molecule has 3 heteroatoms. The highest BCUT2D eigenvalue weighted by atomic mass is 16.5. The molecule has 0 atom stereocenters. The molecule has 100 valence electrons. The minimum atomic E-state index is 0.156. The van der Waals surface area contributed by atoms with Gasteiger partial charge in [0.05, 0.1) is 17.5 Å². The van der Waals surface area contributed by atoms with Gasteiger partial charge in [-0.3, -0.25) is 0 Å². The quantitative estimate of drug-likeness (QED) is 0.834. The van der Waals surface area contributed by atoms with E-state index < -0.39 is 0 Å². The van der Waals surface area contributed by atoms with Crippen molar-refractivity contribution in [2.45, 2.75) is 39.7 Å². The lowest BCUT2D eigenvalue weighted by Crippen LogP contribution is -2.33. The molecular formula is C15H24N2O. The first-order valence-corrected chi connectivity index (χ1v) is 6.88. The van der Waals surface area contributed by atoms with Crippen molar-refractivity contribution < 1.29 is 4.74 Å². The van der Waals surface area contributed by atoms with Crippen molar-refractivity contribution in [1.29, 1.82) is 0 Å². The van der Waals surface area contributed by atoms with Gasteiger partial charge in [0, 0.05) is 13.1 Å². The molecule has 0 bridgehead atoms. The Kier molecular flexibility index (Phi) is 4.00. The molecule has 0 spiro atoms. The molecule has 1 fully saturated rings. The number of nitrogens with zero attached hydrogens (tertiary/aromatic N) is 1. The summed E-state index contributed by atoms with van der Waals surface area (Å²) in [5, 5.41) is 0. The zero-order chi connectivity index (χ0) is 13.1. The van der Waals surface area contributed by atoms with Crippen LogP contribution < -0.4 is 15.4 Å². The Balaban J connectivity index is 2.17. The van der Waals surface area contributed by atoms with Gasteiger partial charge < -0.3 is 15.4 Å². The molecule has 0 saturated carbocycles. The zero-order valence-corrected chi connectivity index (χ0v) is 11.6. The summed E-state index contributed by atoms with van der Waals surface area (Å²) in [6.45, 7) is 8.55. The molecule has 1 aliphatic heterocycles. The van der Waals surface area contributed by atoms with Gasteiger partial charge in [0.1, 0.15) is 5.75 Å². The molecule has 0 aliphatic carbocycles. The van der Waals surface area contributed by atoms with E-state index in [9.17, 15) is 0 Å². The molecule has 1 heterocycles. The lowest BCUT2D eigenvalue weighted by atomic mass is 9.98. The molecule has 3 nitrogen and oxygen atoms in total. The van der Waals surface area contributed by atoms with E-state index in [4.69, 9.17) is 10.5 Å². The summed E-state index contributed by atoms with van der Waals surface area (Å²) in [6, 6.07) is 6.07. The molecule has 1 aliphatic rings. The number of ether oxygens (including phenoxy) is 1. The van der Waals surface area contributed by atoms with Crippen molar-refractivity contribution in [2.24, 2.45) is 5.92 Å². The van der Waals surface area contributed by atoms with Crippen LogP contribution in [0, 0.1) is 5.92 Å². The van der Waals surface area contributed by atoms with Crippen molar-refractivity contribution in [3.8, 4) is 5.75 Å². The largest absolute Gasteiger partial charge is 0.489 e. The van der Waals surface area contributed by atoms with E-state index in [1.54, 1.807) is 0 Å². The maximum atomic E-state index is 6.23. The highest BCUT2D eigenvalue weighted by Crippen LogP contribution is 2.34. The first-order valence-electron chi connectivity index (χ1n) is 6.88. The van der Waals surface area contributed by atoms with Crippen molar-refractivity contribution >= 4 is 11.4 Å². The van der Waals surface area contributed by atoms with Crippen LogP contribution in [0.25, 0.3) is 0 Å². The van der Waals surface area contributed by atoms with E-state index in [2.05, 4.69) is 17.9 Å². The third-order valence-corrected chi connectivity index (χ3v) is 3.53. The fourth-order valence-corrected chi connectivity index (χ4v) is 2.41. The Morgan fingerprint density at radius 1 is 1.28 bits per heavy atom. The van der Waals surface area contributed by atoms with Gasteiger partial charge in [-0.25, -0.2) is 0 Å². The summed E-state index contributed by atoms with van der Waals surface area (Å²) in [5.74, 6) is 1.64. The molecule has 18 heavy (non-hydrogen) atoms. The first kappa shape index (κ1) is 13.1. The van der Waals surface area contributed by atoms with Crippen LogP contribution in [-0.2, 0) is 0 Å². The summed E-state index contributed by atoms with van der Waals surface area (Å²) >= 11 is 0. The van der Waals surface area contributed by atoms with Gasteiger partial charge in [-0.15, -0.1) is 0 Å². The fraction of sp³-hybridized carbons (Fsp3) is 0.600. The number of piperidine rings is 1. The molecule has 2 N–H and O–H groups in total. The summed E-state index contributed by atoms with van der Waals surface area (Å²) in [6.07, 6.45) is 2.65. The van der Waals surface area contributed by atoms with Gasteiger partial charge in [-0.2, -0.15) is 0 Å². The van der Waals surface area contributed by atoms with Crippen LogP contribution in [0.5, 0.6) is 5.75 Å². The molecule has 0 unspecified atom stereocenters. The molecule has 2 rings (SSSR count). The molecule has 0 aromatic heterocycles. The first-order chi connectivity index (χ1) is 8.58. The Hall–Kier alpha value is -1.38. The number of nitrogens with two attached hydrogens (primary N) is 1. The number of nitrogen functional groups attached to an aromatic ring is 1. The SMILES string of the molecule is CC1CCN(c2cccc(OC(C)C)c2N)CC1. The lowest BCUT2D eigenvalue weighted by molar-refractivity contribution is 0.244. The predicted molar refractivity (Wildman–Crippen MR) is 77.2 cm³/mol. The lowest BCUT2D eigenvalue weighted by Gasteiger charge is -2.33. The van der Waals surface area contributed by atoms with Crippen LogP contribution in [0.2, 0.25) is 0 Å². The van der Waals surface area contributed by atoms with Crippen molar-refractivity contribution in [2.75, 3.05) is 23.7 Å². The highest BCUT2D eigenvalue weighted by Gasteiger charge is 2.19. The minimum Gasteiger partial charge on any atom is -0.489 e. The number of para-hydroxylation sites is 1. The molecule has 0 radical (unpaired) electrons. The average Bonchev–Trinajstić information content (AvgIpc) is 2.33. The van der Waals surface area contributed by atoms with E-state index >= 15 is 0 Å². The topological polar surface area (TPSA) is 38.5 Å². The second-order valence-electron chi connectivity index (χ2n) is 5.53. The third-order valence-electron chi connectivity index (χ3n) is 3.53. The number of hydrogen-bond acceptors (Lipinski definition) is 3. The number of rotatable bonds is 3. The van der Waals surface area contributed by atoms with Gasteiger partial charge in [0.15, 0.2) is 0 Å². The maximum Gasteiger partial charge on any atom is 0.144 e. The van der Waals surface area contributed by atoms with E-state index in [-0.39, 0.29) is 6.10 Å². The Labute approximate surface area is 110 Å². The van der Waals surface area contributed by atoms with Crippen LogP contribution in [0.4, 0.5) is 11.4 Å². The van der Waals surface area contributed by atoms with Crippen molar-refractivity contribution in [3.05, 3.63) is 18.2 Å². The normalized spacial score (nSPS) is 17.2. The minimum absolute atomic E-state index is 0.156. The van der Waals surface area contributed by atoms with E-state index in [0.717, 1.165) is 36.1 Å². The summed E-state index contributed by atoms with van der Waals surface area (Å²) in [5.41, 5.74) is 8.13. The van der Waals surface area contributed by atoms with Crippen LogP contribution in [-0.4, -0.2) is 19.2 Å². The Morgan fingerprint density at radius 3 is 2.56 bits per heavy atom. The number of hydrogen-bond donors (Lipinski definition) is 1. The monoisotopic (exact) mass is 248 g/mol. The second kappa shape index (κ2) is 5.51. The standard InChI is InChI=1S/C15H24N2O/c1-11(2)18-14-6-4-5-13(15(14)16)17-9-7-12(3)8-10-17/h4-6,11-12H,7-10,16H2,1-3H3. The molecule has 0 amide bonds. The van der Waals surface area contributed by atoms with Gasteiger partial charge in [-0.1, -0.05) is 13.0 Å². The van der Waals surface area contributed by atoms with Crippen molar-refractivity contribution in [3.63, 3.8) is 0 Å². The number of benzene rings is 1. The van der Waals surface area contributed by atoms with E-state index in [0.29, 0.717) is 0 Å². The Morgan fingerprint density at radius 2 is 1.94 bits per heavy atom. The summed E-state index contributed by atoms with van der Waals surface area (Å²) in [4.78, 5) is 2.38. The zero-order valence-electron chi connectivity index (χ0n) is 11.6. The smallest absolute Gasteiger partial charge is 0.144 e. The highest BCUT2D eigenvalue weighted by molar-refractivity contribution is 5.74. The molecule has 1 aromatic rings. The summed E-state index contributed by atoms with van der Waals surface area (Å²) in [7, 11) is 0.